The third kappa shape index (κ3) is 7.96. The number of rotatable bonds is 9. The first-order chi connectivity index (χ1) is 9.88. The van der Waals surface area contributed by atoms with E-state index < -0.39 is 0 Å². The SMILES string of the molecule is CC(C)NCc1ccc(CN(C)CCOC(C)C)c(Br)c1. The van der Waals surface area contributed by atoms with E-state index in [1.807, 2.05) is 0 Å². The highest BCUT2D eigenvalue weighted by Gasteiger charge is 2.06. The molecule has 3 nitrogen and oxygen atoms in total. The van der Waals surface area contributed by atoms with Gasteiger partial charge in [-0.15, -0.1) is 0 Å². The average molecular weight is 357 g/mol. The molecule has 0 bridgehead atoms. The third-order valence-corrected chi connectivity index (χ3v) is 3.93. The van der Waals surface area contributed by atoms with Crippen molar-refractivity contribution in [1.82, 2.24) is 10.2 Å². The van der Waals surface area contributed by atoms with E-state index in [2.05, 4.69) is 79.1 Å². The largest absolute Gasteiger partial charge is 0.377 e. The van der Waals surface area contributed by atoms with Crippen LogP contribution in [0.2, 0.25) is 0 Å². The van der Waals surface area contributed by atoms with Gasteiger partial charge in [-0.05, 0) is 38.1 Å². The van der Waals surface area contributed by atoms with Gasteiger partial charge in [0.1, 0.15) is 0 Å². The van der Waals surface area contributed by atoms with Crippen LogP contribution in [0.5, 0.6) is 0 Å². The summed E-state index contributed by atoms with van der Waals surface area (Å²) in [6, 6.07) is 7.13. The summed E-state index contributed by atoms with van der Waals surface area (Å²) in [6.45, 7) is 12.0. The topological polar surface area (TPSA) is 24.5 Å². The van der Waals surface area contributed by atoms with Crippen molar-refractivity contribution in [2.75, 3.05) is 20.2 Å². The summed E-state index contributed by atoms with van der Waals surface area (Å²) in [5.41, 5.74) is 2.63. The quantitative estimate of drug-likeness (QED) is 0.728. The lowest BCUT2D eigenvalue weighted by molar-refractivity contribution is 0.0627. The van der Waals surface area contributed by atoms with Gasteiger partial charge in [-0.25, -0.2) is 0 Å². The van der Waals surface area contributed by atoms with Crippen molar-refractivity contribution < 1.29 is 4.74 Å². The zero-order valence-electron chi connectivity index (χ0n) is 13.9. The van der Waals surface area contributed by atoms with Crippen molar-refractivity contribution in [3.05, 3.63) is 33.8 Å². The van der Waals surface area contributed by atoms with Crippen molar-refractivity contribution in [3.63, 3.8) is 0 Å². The van der Waals surface area contributed by atoms with E-state index in [0.717, 1.165) is 26.2 Å². The maximum atomic E-state index is 5.59. The molecule has 1 aromatic rings. The first-order valence-electron chi connectivity index (χ1n) is 7.69. The number of likely N-dealkylation sites (N-methyl/N-ethyl adjacent to an activating group) is 1. The van der Waals surface area contributed by atoms with Crippen molar-refractivity contribution in [2.24, 2.45) is 0 Å². The molecule has 1 rings (SSSR count). The second kappa shape index (κ2) is 9.57. The first-order valence-corrected chi connectivity index (χ1v) is 8.48. The molecule has 0 unspecified atom stereocenters. The number of hydrogen-bond acceptors (Lipinski definition) is 3. The summed E-state index contributed by atoms with van der Waals surface area (Å²) < 4.78 is 6.77. The minimum Gasteiger partial charge on any atom is -0.377 e. The Kier molecular flexibility index (Phi) is 8.49. The van der Waals surface area contributed by atoms with Crippen LogP contribution in [0.3, 0.4) is 0 Å². The molecule has 0 fully saturated rings. The molecular weight excluding hydrogens is 328 g/mol. The van der Waals surface area contributed by atoms with Crippen LogP contribution in [0.4, 0.5) is 0 Å². The zero-order valence-corrected chi connectivity index (χ0v) is 15.5. The van der Waals surface area contributed by atoms with E-state index in [4.69, 9.17) is 4.74 Å². The van der Waals surface area contributed by atoms with Crippen LogP contribution >= 0.6 is 15.9 Å². The van der Waals surface area contributed by atoms with Gasteiger partial charge >= 0.3 is 0 Å². The molecule has 0 radical (unpaired) electrons. The second-order valence-electron chi connectivity index (χ2n) is 6.12. The molecule has 0 aliphatic rings. The Labute approximate surface area is 138 Å². The summed E-state index contributed by atoms with van der Waals surface area (Å²) in [5.74, 6) is 0. The van der Waals surface area contributed by atoms with Crippen molar-refractivity contribution >= 4 is 15.9 Å². The Morgan fingerprint density at radius 1 is 1.24 bits per heavy atom. The summed E-state index contributed by atoms with van der Waals surface area (Å²) in [7, 11) is 2.13. The second-order valence-corrected chi connectivity index (χ2v) is 6.97. The molecule has 0 aliphatic carbocycles. The van der Waals surface area contributed by atoms with Gasteiger partial charge in [0, 0.05) is 30.1 Å². The summed E-state index contributed by atoms with van der Waals surface area (Å²) in [6.07, 6.45) is 0.304. The molecule has 1 N–H and O–H groups in total. The third-order valence-electron chi connectivity index (χ3n) is 3.20. The number of benzene rings is 1. The van der Waals surface area contributed by atoms with E-state index in [1.54, 1.807) is 0 Å². The molecule has 0 spiro atoms. The minimum absolute atomic E-state index is 0.304. The fourth-order valence-electron chi connectivity index (χ4n) is 1.97. The van der Waals surface area contributed by atoms with Gasteiger partial charge in [-0.3, -0.25) is 4.90 Å². The lowest BCUT2D eigenvalue weighted by Crippen LogP contribution is -2.24. The molecule has 0 atom stereocenters. The van der Waals surface area contributed by atoms with Crippen LogP contribution in [0.1, 0.15) is 38.8 Å². The number of ether oxygens (including phenoxy) is 1. The molecule has 0 aromatic heterocycles. The predicted molar refractivity (Wildman–Crippen MR) is 93.5 cm³/mol. The van der Waals surface area contributed by atoms with E-state index in [-0.39, 0.29) is 0 Å². The molecule has 0 amide bonds. The number of nitrogens with zero attached hydrogens (tertiary/aromatic N) is 1. The zero-order chi connectivity index (χ0) is 15.8. The number of hydrogen-bond donors (Lipinski definition) is 1. The van der Waals surface area contributed by atoms with Crippen LogP contribution < -0.4 is 5.32 Å². The van der Waals surface area contributed by atoms with Gasteiger partial charge in [-0.1, -0.05) is 41.9 Å². The number of halogens is 1. The molecule has 0 saturated carbocycles. The minimum atomic E-state index is 0.304. The first kappa shape index (κ1) is 18.6. The van der Waals surface area contributed by atoms with E-state index >= 15 is 0 Å². The van der Waals surface area contributed by atoms with Crippen LogP contribution in [0, 0.1) is 0 Å². The Hall–Kier alpha value is -0.420. The monoisotopic (exact) mass is 356 g/mol. The van der Waals surface area contributed by atoms with Crippen LogP contribution in [-0.2, 0) is 17.8 Å². The van der Waals surface area contributed by atoms with Crippen molar-refractivity contribution in [2.45, 2.75) is 52.9 Å². The van der Waals surface area contributed by atoms with E-state index in [9.17, 15) is 0 Å². The maximum absolute atomic E-state index is 5.59. The van der Waals surface area contributed by atoms with E-state index in [1.165, 1.54) is 15.6 Å². The molecule has 4 heteroatoms. The fraction of sp³-hybridized carbons (Fsp3) is 0.647. The standard InChI is InChI=1S/C17H29BrN2O/c1-13(2)19-11-15-6-7-16(17(18)10-15)12-20(5)8-9-21-14(3)4/h6-7,10,13-14,19H,8-9,11-12H2,1-5H3. The highest BCUT2D eigenvalue weighted by atomic mass is 79.9. The van der Waals surface area contributed by atoms with Crippen molar-refractivity contribution in [3.8, 4) is 0 Å². The van der Waals surface area contributed by atoms with E-state index in [0.29, 0.717) is 12.1 Å². The molecular formula is C17H29BrN2O. The maximum Gasteiger partial charge on any atom is 0.0596 e. The van der Waals surface area contributed by atoms with Gasteiger partial charge in [0.25, 0.3) is 0 Å². The van der Waals surface area contributed by atoms with Crippen molar-refractivity contribution in [1.29, 1.82) is 0 Å². The van der Waals surface area contributed by atoms with Crippen LogP contribution in [0.15, 0.2) is 22.7 Å². The summed E-state index contributed by atoms with van der Waals surface area (Å²) in [4.78, 5) is 2.29. The average Bonchev–Trinajstić information content (AvgIpc) is 2.38. The van der Waals surface area contributed by atoms with Crippen LogP contribution in [-0.4, -0.2) is 37.2 Å². The summed E-state index contributed by atoms with van der Waals surface area (Å²) in [5, 5.41) is 3.44. The predicted octanol–water partition coefficient (Wildman–Crippen LogP) is 3.80. The number of nitrogens with one attached hydrogen (secondary N) is 1. The normalized spacial score (nSPS) is 11.9. The van der Waals surface area contributed by atoms with Gasteiger partial charge in [-0.2, -0.15) is 0 Å². The lowest BCUT2D eigenvalue weighted by atomic mass is 10.1. The Morgan fingerprint density at radius 2 is 1.95 bits per heavy atom. The molecule has 0 saturated heterocycles. The molecule has 0 heterocycles. The smallest absolute Gasteiger partial charge is 0.0596 e. The Bertz CT molecular complexity index is 421. The van der Waals surface area contributed by atoms with Gasteiger partial charge in [0.2, 0.25) is 0 Å². The molecule has 120 valence electrons. The van der Waals surface area contributed by atoms with Crippen LogP contribution in [0.25, 0.3) is 0 Å². The van der Waals surface area contributed by atoms with Gasteiger partial charge < -0.3 is 10.1 Å². The Balaban J connectivity index is 2.48. The highest BCUT2D eigenvalue weighted by Crippen LogP contribution is 2.20. The van der Waals surface area contributed by atoms with Gasteiger partial charge in [0.15, 0.2) is 0 Å². The summed E-state index contributed by atoms with van der Waals surface area (Å²) >= 11 is 3.69. The van der Waals surface area contributed by atoms with Gasteiger partial charge in [0.05, 0.1) is 12.7 Å². The molecule has 0 aliphatic heterocycles. The molecule has 21 heavy (non-hydrogen) atoms. The Morgan fingerprint density at radius 3 is 2.52 bits per heavy atom. The highest BCUT2D eigenvalue weighted by molar-refractivity contribution is 9.10. The lowest BCUT2D eigenvalue weighted by Gasteiger charge is -2.19. The molecule has 1 aromatic carbocycles. The fourth-order valence-corrected chi connectivity index (χ4v) is 2.52.